The van der Waals surface area contributed by atoms with Crippen molar-refractivity contribution in [2.24, 2.45) is 0 Å². The molecule has 18 heavy (non-hydrogen) atoms. The first kappa shape index (κ1) is 13.4. The highest BCUT2D eigenvalue weighted by atomic mass is 16.5. The first-order valence-electron chi connectivity index (χ1n) is 7.23. The lowest BCUT2D eigenvalue weighted by Crippen LogP contribution is -2.16. The summed E-state index contributed by atoms with van der Waals surface area (Å²) < 4.78 is 6.14. The zero-order valence-corrected chi connectivity index (χ0v) is 11.6. The first-order chi connectivity index (χ1) is 8.79. The van der Waals surface area contributed by atoms with Gasteiger partial charge in [-0.1, -0.05) is 25.0 Å². The van der Waals surface area contributed by atoms with Crippen molar-refractivity contribution in [1.82, 2.24) is 5.32 Å². The molecule has 1 atom stereocenters. The molecule has 0 heterocycles. The maximum Gasteiger partial charge on any atom is 0.120 e. The van der Waals surface area contributed by atoms with Crippen molar-refractivity contribution in [2.45, 2.75) is 57.6 Å². The molecule has 1 aromatic rings. The number of hydrogen-bond acceptors (Lipinski definition) is 2. The number of benzene rings is 1. The minimum absolute atomic E-state index is 0.377. The fraction of sp³-hybridized carbons (Fsp3) is 0.625. The highest BCUT2D eigenvalue weighted by Gasteiger charge is 2.14. The van der Waals surface area contributed by atoms with Crippen molar-refractivity contribution in [3.63, 3.8) is 0 Å². The smallest absolute Gasteiger partial charge is 0.120 e. The fourth-order valence-corrected chi connectivity index (χ4v) is 2.58. The Kier molecular flexibility index (Phi) is 5.06. The summed E-state index contributed by atoms with van der Waals surface area (Å²) in [5.41, 5.74) is 1.30. The van der Waals surface area contributed by atoms with Gasteiger partial charge in [-0.3, -0.25) is 0 Å². The van der Waals surface area contributed by atoms with Gasteiger partial charge in [-0.15, -0.1) is 0 Å². The lowest BCUT2D eigenvalue weighted by atomic mass is 10.1. The van der Waals surface area contributed by atoms with Crippen LogP contribution in [-0.4, -0.2) is 13.2 Å². The summed E-state index contributed by atoms with van der Waals surface area (Å²) in [5.74, 6) is 1.03. The Bertz CT molecular complexity index is 356. The van der Waals surface area contributed by atoms with E-state index in [4.69, 9.17) is 4.74 Å². The van der Waals surface area contributed by atoms with Gasteiger partial charge in [-0.25, -0.2) is 0 Å². The fourth-order valence-electron chi connectivity index (χ4n) is 2.58. The molecule has 0 aromatic heterocycles. The highest BCUT2D eigenvalue weighted by Crippen LogP contribution is 2.24. The minimum Gasteiger partial charge on any atom is -0.490 e. The van der Waals surface area contributed by atoms with Crippen LogP contribution in [0.3, 0.4) is 0 Å². The highest BCUT2D eigenvalue weighted by molar-refractivity contribution is 5.30. The van der Waals surface area contributed by atoms with Crippen LogP contribution < -0.4 is 10.1 Å². The van der Waals surface area contributed by atoms with Crippen molar-refractivity contribution in [1.29, 1.82) is 0 Å². The molecule has 0 amide bonds. The molecule has 1 aliphatic rings. The number of nitrogens with one attached hydrogen (secondary N) is 1. The molecule has 0 radical (unpaired) electrons. The van der Waals surface area contributed by atoms with Crippen LogP contribution >= 0.6 is 0 Å². The molecule has 2 heteroatoms. The van der Waals surface area contributed by atoms with E-state index in [9.17, 15) is 0 Å². The summed E-state index contributed by atoms with van der Waals surface area (Å²) in [6.45, 7) is 2.17. The van der Waals surface area contributed by atoms with E-state index in [1.165, 1.54) is 44.1 Å². The first-order valence-corrected chi connectivity index (χ1v) is 7.23. The average molecular weight is 247 g/mol. The van der Waals surface area contributed by atoms with E-state index in [1.807, 2.05) is 7.05 Å². The van der Waals surface area contributed by atoms with E-state index in [-0.39, 0.29) is 0 Å². The van der Waals surface area contributed by atoms with Crippen LogP contribution in [0.25, 0.3) is 0 Å². The van der Waals surface area contributed by atoms with Crippen LogP contribution in [0, 0.1) is 0 Å². The minimum atomic E-state index is 0.377. The third kappa shape index (κ3) is 3.74. The molecule has 0 saturated heterocycles. The third-order valence-electron chi connectivity index (χ3n) is 3.90. The van der Waals surface area contributed by atoms with Crippen molar-refractivity contribution >= 4 is 0 Å². The molecule has 1 saturated carbocycles. The predicted molar refractivity (Wildman–Crippen MR) is 76.0 cm³/mol. The van der Waals surface area contributed by atoms with Gasteiger partial charge in [-0.2, -0.15) is 0 Å². The zero-order chi connectivity index (χ0) is 12.8. The van der Waals surface area contributed by atoms with Crippen LogP contribution in [0.15, 0.2) is 24.3 Å². The van der Waals surface area contributed by atoms with E-state index < -0.39 is 0 Å². The predicted octanol–water partition coefficient (Wildman–Crippen LogP) is 4.07. The van der Waals surface area contributed by atoms with Crippen molar-refractivity contribution < 1.29 is 4.74 Å². The van der Waals surface area contributed by atoms with E-state index >= 15 is 0 Å². The van der Waals surface area contributed by atoms with E-state index in [1.54, 1.807) is 0 Å². The molecule has 1 aliphatic carbocycles. The van der Waals surface area contributed by atoms with Gasteiger partial charge in [0.15, 0.2) is 0 Å². The molecule has 1 fully saturated rings. The molecule has 0 aliphatic heterocycles. The second-order valence-corrected chi connectivity index (χ2v) is 5.31. The summed E-state index contributed by atoms with van der Waals surface area (Å²) in [6, 6.07) is 8.88. The van der Waals surface area contributed by atoms with Crippen LogP contribution in [0.5, 0.6) is 5.75 Å². The molecule has 1 N–H and O–H groups in total. The quantitative estimate of drug-likeness (QED) is 0.810. The van der Waals surface area contributed by atoms with Gasteiger partial charge in [0.1, 0.15) is 5.75 Å². The van der Waals surface area contributed by atoms with Crippen molar-refractivity contribution in [2.75, 3.05) is 7.05 Å². The Labute approximate surface area is 111 Å². The maximum absolute atomic E-state index is 6.14. The van der Waals surface area contributed by atoms with Gasteiger partial charge in [0.25, 0.3) is 0 Å². The SMILES string of the molecule is CNC(C)c1cccc(OC2CCCCCC2)c1. The summed E-state index contributed by atoms with van der Waals surface area (Å²) >= 11 is 0. The molecule has 2 nitrogen and oxygen atoms in total. The van der Waals surface area contributed by atoms with E-state index in [0.29, 0.717) is 12.1 Å². The van der Waals surface area contributed by atoms with Crippen LogP contribution in [0.2, 0.25) is 0 Å². The second-order valence-electron chi connectivity index (χ2n) is 5.31. The second kappa shape index (κ2) is 6.79. The van der Waals surface area contributed by atoms with Gasteiger partial charge >= 0.3 is 0 Å². The average Bonchev–Trinajstić information content (AvgIpc) is 2.67. The Balaban J connectivity index is 1.99. The van der Waals surface area contributed by atoms with E-state index in [2.05, 4.69) is 36.5 Å². The molecule has 100 valence electrons. The zero-order valence-electron chi connectivity index (χ0n) is 11.6. The summed E-state index contributed by atoms with van der Waals surface area (Å²) in [7, 11) is 1.99. The van der Waals surface area contributed by atoms with Crippen molar-refractivity contribution in [3.8, 4) is 5.75 Å². The van der Waals surface area contributed by atoms with Gasteiger partial charge in [0, 0.05) is 6.04 Å². The largest absolute Gasteiger partial charge is 0.490 e. The Morgan fingerprint density at radius 1 is 1.17 bits per heavy atom. The van der Waals surface area contributed by atoms with Crippen molar-refractivity contribution in [3.05, 3.63) is 29.8 Å². The topological polar surface area (TPSA) is 21.3 Å². The Morgan fingerprint density at radius 3 is 2.56 bits per heavy atom. The molecule has 0 bridgehead atoms. The number of rotatable bonds is 4. The summed E-state index contributed by atoms with van der Waals surface area (Å²) in [5, 5.41) is 3.27. The van der Waals surface area contributed by atoms with Crippen LogP contribution in [0.1, 0.15) is 57.1 Å². The van der Waals surface area contributed by atoms with E-state index in [0.717, 1.165) is 5.75 Å². The Hall–Kier alpha value is -1.02. The maximum atomic E-state index is 6.14. The monoisotopic (exact) mass is 247 g/mol. The number of ether oxygens (including phenoxy) is 1. The lowest BCUT2D eigenvalue weighted by Gasteiger charge is -2.18. The molecule has 1 aromatic carbocycles. The number of hydrogen-bond donors (Lipinski definition) is 1. The molecule has 2 rings (SSSR count). The normalized spacial score (nSPS) is 19.2. The lowest BCUT2D eigenvalue weighted by molar-refractivity contribution is 0.183. The van der Waals surface area contributed by atoms with Gasteiger partial charge in [-0.05, 0) is 57.4 Å². The summed E-state index contributed by atoms with van der Waals surface area (Å²) in [4.78, 5) is 0. The van der Waals surface area contributed by atoms with Gasteiger partial charge < -0.3 is 10.1 Å². The molecule has 1 unspecified atom stereocenters. The van der Waals surface area contributed by atoms with Crippen LogP contribution in [-0.2, 0) is 0 Å². The third-order valence-corrected chi connectivity index (χ3v) is 3.90. The van der Waals surface area contributed by atoms with Gasteiger partial charge in [0.05, 0.1) is 6.10 Å². The molecule has 0 spiro atoms. The Morgan fingerprint density at radius 2 is 1.89 bits per heavy atom. The molecular weight excluding hydrogens is 222 g/mol. The summed E-state index contributed by atoms with van der Waals surface area (Å²) in [6.07, 6.45) is 8.23. The molecular formula is C16H25NO. The van der Waals surface area contributed by atoms with Crippen LogP contribution in [0.4, 0.5) is 0 Å². The standard InChI is InChI=1S/C16H25NO/c1-13(17-2)14-8-7-11-16(12-14)18-15-9-5-3-4-6-10-15/h7-8,11-13,15,17H,3-6,9-10H2,1-2H3. The van der Waals surface area contributed by atoms with Gasteiger partial charge in [0.2, 0.25) is 0 Å².